The average Bonchev–Trinajstić information content (AvgIpc) is 2.92. The largest absolute Gasteiger partial charge is 0.337 e. The smallest absolute Gasteiger partial charge is 0.277 e. The van der Waals surface area contributed by atoms with E-state index in [9.17, 15) is 9.59 Å². The first-order valence-electron chi connectivity index (χ1n) is 10.8. The molecule has 0 aliphatic carbocycles. The normalized spacial score (nSPS) is 14.1. The standard InChI is InChI=1S/C25H25N5O3S/c1-34-21-9-7-18(8-10-21)15-22(19-5-3-2-4-6-19)24(32)29-11-13-30(14-12-29)25-26-16-20(17-27-25)23(31)28-33/h2-10,15-17,33H,11-14H2,1H3,(H,28,31). The molecule has 3 aromatic rings. The van der Waals surface area contributed by atoms with Crippen LogP contribution in [0.2, 0.25) is 0 Å². The van der Waals surface area contributed by atoms with Crippen molar-refractivity contribution in [2.24, 2.45) is 0 Å². The van der Waals surface area contributed by atoms with E-state index in [0.717, 1.165) is 11.1 Å². The lowest BCUT2D eigenvalue weighted by atomic mass is 10.0. The second kappa shape index (κ2) is 11.0. The molecule has 1 aromatic heterocycles. The van der Waals surface area contributed by atoms with Gasteiger partial charge >= 0.3 is 0 Å². The van der Waals surface area contributed by atoms with Crippen molar-refractivity contribution >= 4 is 41.2 Å². The summed E-state index contributed by atoms with van der Waals surface area (Å²) in [5.74, 6) is -0.199. The molecule has 2 aromatic carbocycles. The first-order chi connectivity index (χ1) is 16.6. The molecule has 1 aliphatic rings. The van der Waals surface area contributed by atoms with Crippen molar-refractivity contribution in [3.63, 3.8) is 0 Å². The first kappa shape index (κ1) is 23.5. The number of benzene rings is 2. The van der Waals surface area contributed by atoms with Crippen LogP contribution in [0.15, 0.2) is 71.9 Å². The van der Waals surface area contributed by atoms with Crippen LogP contribution in [-0.2, 0) is 4.79 Å². The van der Waals surface area contributed by atoms with Crippen LogP contribution in [-0.4, -0.2) is 64.3 Å². The van der Waals surface area contributed by atoms with E-state index in [1.54, 1.807) is 17.2 Å². The number of hydroxylamine groups is 1. The van der Waals surface area contributed by atoms with Gasteiger partial charge in [0.1, 0.15) is 0 Å². The van der Waals surface area contributed by atoms with Crippen LogP contribution >= 0.6 is 11.8 Å². The molecule has 2 heterocycles. The Kier molecular flexibility index (Phi) is 7.56. The van der Waals surface area contributed by atoms with E-state index >= 15 is 0 Å². The van der Waals surface area contributed by atoms with Gasteiger partial charge in [-0.3, -0.25) is 14.8 Å². The highest BCUT2D eigenvalue weighted by atomic mass is 32.2. The zero-order chi connectivity index (χ0) is 23.9. The molecule has 0 saturated carbocycles. The fourth-order valence-electron chi connectivity index (χ4n) is 3.70. The van der Waals surface area contributed by atoms with Crippen LogP contribution in [0.4, 0.5) is 5.95 Å². The first-order valence-corrected chi connectivity index (χ1v) is 12.0. The summed E-state index contributed by atoms with van der Waals surface area (Å²) in [7, 11) is 0. The van der Waals surface area contributed by atoms with Gasteiger partial charge in [-0.05, 0) is 35.6 Å². The van der Waals surface area contributed by atoms with Crippen LogP contribution < -0.4 is 10.4 Å². The Labute approximate surface area is 202 Å². The van der Waals surface area contributed by atoms with Crippen molar-refractivity contribution in [3.8, 4) is 0 Å². The van der Waals surface area contributed by atoms with E-state index in [1.165, 1.54) is 17.3 Å². The highest BCUT2D eigenvalue weighted by Crippen LogP contribution is 2.24. The molecule has 0 atom stereocenters. The minimum Gasteiger partial charge on any atom is -0.337 e. The van der Waals surface area contributed by atoms with Gasteiger partial charge in [0.15, 0.2) is 0 Å². The minimum atomic E-state index is -0.662. The number of nitrogens with one attached hydrogen (secondary N) is 1. The number of rotatable bonds is 6. The number of hydrogen-bond donors (Lipinski definition) is 2. The van der Waals surface area contributed by atoms with Crippen LogP contribution in [0.25, 0.3) is 11.6 Å². The molecule has 2 N–H and O–H groups in total. The predicted molar refractivity (Wildman–Crippen MR) is 133 cm³/mol. The minimum absolute atomic E-state index is 0.0179. The summed E-state index contributed by atoms with van der Waals surface area (Å²) in [6.07, 6.45) is 6.71. The fourth-order valence-corrected chi connectivity index (χ4v) is 4.11. The van der Waals surface area contributed by atoms with Crippen molar-refractivity contribution in [2.75, 3.05) is 37.3 Å². The maximum absolute atomic E-state index is 13.6. The van der Waals surface area contributed by atoms with Crippen molar-refractivity contribution in [1.29, 1.82) is 0 Å². The van der Waals surface area contributed by atoms with Gasteiger partial charge in [-0.2, -0.15) is 0 Å². The SMILES string of the molecule is CSc1ccc(C=C(C(=O)N2CCN(c3ncc(C(=O)NO)cn3)CC2)c2ccccc2)cc1. The number of piperazine rings is 1. The number of carbonyl (C=O) groups excluding carboxylic acids is 2. The summed E-state index contributed by atoms with van der Waals surface area (Å²) < 4.78 is 0. The highest BCUT2D eigenvalue weighted by molar-refractivity contribution is 7.98. The molecule has 0 bridgehead atoms. The van der Waals surface area contributed by atoms with Gasteiger partial charge in [-0.1, -0.05) is 42.5 Å². The maximum Gasteiger partial charge on any atom is 0.277 e. The molecule has 1 fully saturated rings. The molecule has 174 valence electrons. The maximum atomic E-state index is 13.6. The third kappa shape index (κ3) is 5.44. The Hall–Kier alpha value is -3.69. The molecule has 8 nitrogen and oxygen atoms in total. The van der Waals surface area contributed by atoms with Crippen molar-refractivity contribution in [1.82, 2.24) is 20.3 Å². The molecule has 0 unspecified atom stereocenters. The van der Waals surface area contributed by atoms with E-state index < -0.39 is 5.91 Å². The summed E-state index contributed by atoms with van der Waals surface area (Å²) in [5.41, 5.74) is 4.24. The lowest BCUT2D eigenvalue weighted by Crippen LogP contribution is -2.49. The van der Waals surface area contributed by atoms with Gasteiger partial charge in [0, 0.05) is 49.0 Å². The molecule has 0 spiro atoms. The quantitative estimate of drug-likeness (QED) is 0.186. The Balaban J connectivity index is 1.49. The number of aromatic nitrogens is 2. The molecule has 0 radical (unpaired) electrons. The summed E-state index contributed by atoms with van der Waals surface area (Å²) in [5, 5.41) is 8.72. The fraction of sp³-hybridized carbons (Fsp3) is 0.200. The van der Waals surface area contributed by atoms with Crippen LogP contribution in [0.3, 0.4) is 0 Å². The third-order valence-corrected chi connectivity index (χ3v) is 6.34. The highest BCUT2D eigenvalue weighted by Gasteiger charge is 2.25. The van der Waals surface area contributed by atoms with E-state index in [4.69, 9.17) is 5.21 Å². The topological polar surface area (TPSA) is 98.7 Å². The lowest BCUT2D eigenvalue weighted by Gasteiger charge is -2.35. The monoisotopic (exact) mass is 475 g/mol. The molecule has 9 heteroatoms. The zero-order valence-electron chi connectivity index (χ0n) is 18.7. The Morgan fingerprint density at radius 3 is 2.18 bits per heavy atom. The summed E-state index contributed by atoms with van der Waals surface area (Å²) in [4.78, 5) is 38.4. The summed E-state index contributed by atoms with van der Waals surface area (Å²) in [6, 6.07) is 17.9. The molecule has 2 amide bonds. The Morgan fingerprint density at radius 2 is 1.59 bits per heavy atom. The average molecular weight is 476 g/mol. The van der Waals surface area contributed by atoms with E-state index in [2.05, 4.69) is 22.1 Å². The van der Waals surface area contributed by atoms with Crippen LogP contribution in [0, 0.1) is 0 Å². The van der Waals surface area contributed by atoms with Gasteiger partial charge in [0.25, 0.3) is 11.8 Å². The lowest BCUT2D eigenvalue weighted by molar-refractivity contribution is -0.125. The van der Waals surface area contributed by atoms with Crippen molar-refractivity contribution in [2.45, 2.75) is 4.90 Å². The van der Waals surface area contributed by atoms with Gasteiger partial charge in [0.05, 0.1) is 5.56 Å². The zero-order valence-corrected chi connectivity index (χ0v) is 19.5. The molecule has 4 rings (SSSR count). The number of thioether (sulfide) groups is 1. The molecule has 1 aliphatic heterocycles. The van der Waals surface area contributed by atoms with Crippen LogP contribution in [0.1, 0.15) is 21.5 Å². The summed E-state index contributed by atoms with van der Waals surface area (Å²) >= 11 is 1.68. The number of amides is 2. The number of carbonyl (C=O) groups is 2. The number of hydrogen-bond acceptors (Lipinski definition) is 7. The van der Waals surface area contributed by atoms with E-state index in [-0.39, 0.29) is 11.5 Å². The second-order valence-electron chi connectivity index (χ2n) is 7.69. The molecular formula is C25H25N5O3S. The number of nitrogens with zero attached hydrogens (tertiary/aromatic N) is 4. The second-order valence-corrected chi connectivity index (χ2v) is 8.57. The van der Waals surface area contributed by atoms with Gasteiger partial charge < -0.3 is 9.80 Å². The molecular weight excluding hydrogens is 450 g/mol. The summed E-state index contributed by atoms with van der Waals surface area (Å²) in [6.45, 7) is 2.19. The molecule has 34 heavy (non-hydrogen) atoms. The Bertz CT molecular complexity index is 1160. The predicted octanol–water partition coefficient (Wildman–Crippen LogP) is 3.21. The third-order valence-electron chi connectivity index (χ3n) is 5.59. The van der Waals surface area contributed by atoms with Crippen LogP contribution in [0.5, 0.6) is 0 Å². The van der Waals surface area contributed by atoms with Gasteiger partial charge in [-0.15, -0.1) is 11.8 Å². The Morgan fingerprint density at radius 1 is 0.941 bits per heavy atom. The van der Waals surface area contributed by atoms with E-state index in [0.29, 0.717) is 37.7 Å². The number of anilines is 1. The van der Waals surface area contributed by atoms with Gasteiger partial charge in [0.2, 0.25) is 5.95 Å². The van der Waals surface area contributed by atoms with Gasteiger partial charge in [-0.25, -0.2) is 15.4 Å². The van der Waals surface area contributed by atoms with Crippen molar-refractivity contribution in [3.05, 3.63) is 83.7 Å². The molecule has 1 saturated heterocycles. The van der Waals surface area contributed by atoms with Crippen molar-refractivity contribution < 1.29 is 14.8 Å². The van der Waals surface area contributed by atoms with E-state index in [1.807, 2.05) is 64.6 Å².